The molecule has 252 valence electrons. The maximum atomic E-state index is 13.4. The molecular formula is C29H34N6O11S. The first-order chi connectivity index (χ1) is 22.2. The van der Waals surface area contributed by atoms with Crippen molar-refractivity contribution in [2.24, 2.45) is 5.73 Å². The second-order valence-corrected chi connectivity index (χ2v) is 11.9. The van der Waals surface area contributed by atoms with E-state index in [2.05, 4.69) is 12.6 Å². The van der Waals surface area contributed by atoms with Gasteiger partial charge in [0.15, 0.2) is 5.72 Å². The first-order valence-electron chi connectivity index (χ1n) is 14.6. The van der Waals surface area contributed by atoms with Crippen LogP contribution in [0, 0.1) is 20.2 Å². The minimum absolute atomic E-state index is 0.0519. The van der Waals surface area contributed by atoms with Gasteiger partial charge in [-0.05, 0) is 41.8 Å². The molecule has 0 unspecified atom stereocenters. The van der Waals surface area contributed by atoms with Crippen LogP contribution in [0.25, 0.3) is 0 Å². The van der Waals surface area contributed by atoms with Gasteiger partial charge in [-0.2, -0.15) is 12.6 Å². The number of amides is 3. The molecule has 3 N–H and O–H groups in total. The number of likely N-dealkylation sites (tertiary alicyclic amines) is 1. The molecule has 47 heavy (non-hydrogen) atoms. The van der Waals surface area contributed by atoms with Crippen LogP contribution in [-0.4, -0.2) is 103 Å². The Bertz CT molecular complexity index is 1500. The van der Waals surface area contributed by atoms with Gasteiger partial charge in [-0.3, -0.25) is 45.2 Å². The molecule has 2 heterocycles. The highest BCUT2D eigenvalue weighted by atomic mass is 32.1. The number of esters is 1. The van der Waals surface area contributed by atoms with Crippen molar-refractivity contribution in [1.29, 1.82) is 0 Å². The van der Waals surface area contributed by atoms with Crippen molar-refractivity contribution in [2.45, 2.75) is 49.5 Å². The van der Waals surface area contributed by atoms with E-state index in [1.54, 1.807) is 0 Å². The standard InChI is InChI=1S/C29H34N6O11S/c30-29(40,10-9-25(36)45-17-19-1-5-21(6-2-19)34(41)42)27(38)32-13-11-31(12-14-32)26(37)24-15-23(47)16-33(24)28(39)46-18-20-3-7-22(8-4-20)35(43)44/h1-8,23-24,40,47H,9-18,30H2/t23-,24-,29-/m0/s1. The summed E-state index contributed by atoms with van der Waals surface area (Å²) >= 11 is 4.45. The van der Waals surface area contributed by atoms with Crippen molar-refractivity contribution < 1.29 is 43.6 Å². The third-order valence-corrected chi connectivity index (χ3v) is 8.19. The Morgan fingerprint density at radius 2 is 1.36 bits per heavy atom. The van der Waals surface area contributed by atoms with E-state index in [9.17, 15) is 44.5 Å². The summed E-state index contributed by atoms with van der Waals surface area (Å²) in [4.78, 5) is 76.1. The van der Waals surface area contributed by atoms with E-state index in [0.29, 0.717) is 11.1 Å². The van der Waals surface area contributed by atoms with Crippen LogP contribution >= 0.6 is 12.6 Å². The van der Waals surface area contributed by atoms with E-state index in [1.165, 1.54) is 63.2 Å². The average molecular weight is 675 g/mol. The molecule has 3 amide bonds. The van der Waals surface area contributed by atoms with Gasteiger partial charge in [-0.15, -0.1) is 0 Å². The smallest absolute Gasteiger partial charge is 0.410 e. The van der Waals surface area contributed by atoms with Gasteiger partial charge in [0.1, 0.15) is 19.3 Å². The Balaban J connectivity index is 1.23. The largest absolute Gasteiger partial charge is 0.461 e. The lowest BCUT2D eigenvalue weighted by atomic mass is 10.1. The number of nitrogens with two attached hydrogens (primary N) is 1. The zero-order chi connectivity index (χ0) is 34.3. The molecule has 4 rings (SSSR count). The number of nitro groups is 2. The number of carbonyl (C=O) groups excluding carboxylic acids is 4. The highest BCUT2D eigenvalue weighted by Crippen LogP contribution is 2.26. The topological polar surface area (TPSA) is 229 Å². The fourth-order valence-electron chi connectivity index (χ4n) is 5.16. The minimum atomic E-state index is -2.37. The van der Waals surface area contributed by atoms with Crippen LogP contribution in [0.15, 0.2) is 48.5 Å². The van der Waals surface area contributed by atoms with Crippen molar-refractivity contribution in [3.63, 3.8) is 0 Å². The Morgan fingerprint density at radius 1 is 0.872 bits per heavy atom. The summed E-state index contributed by atoms with van der Waals surface area (Å²) in [5.41, 5.74) is 4.33. The van der Waals surface area contributed by atoms with Gasteiger partial charge in [0.05, 0.1) is 16.3 Å². The summed E-state index contributed by atoms with van der Waals surface area (Å²) in [7, 11) is 0. The van der Waals surface area contributed by atoms with Gasteiger partial charge in [0.25, 0.3) is 17.3 Å². The number of thiol groups is 1. The molecule has 0 saturated carbocycles. The maximum Gasteiger partial charge on any atom is 0.410 e. The predicted octanol–water partition coefficient (Wildman–Crippen LogP) is 1.35. The van der Waals surface area contributed by atoms with Crippen molar-refractivity contribution in [2.75, 3.05) is 32.7 Å². The van der Waals surface area contributed by atoms with Gasteiger partial charge in [-0.1, -0.05) is 0 Å². The van der Waals surface area contributed by atoms with Crippen molar-refractivity contribution in [3.8, 4) is 0 Å². The van der Waals surface area contributed by atoms with Crippen LogP contribution in [0.3, 0.4) is 0 Å². The number of benzene rings is 2. The lowest BCUT2D eigenvalue weighted by molar-refractivity contribution is -0.385. The molecule has 0 radical (unpaired) electrons. The van der Waals surface area contributed by atoms with Gasteiger partial charge >= 0.3 is 12.1 Å². The minimum Gasteiger partial charge on any atom is -0.461 e. The summed E-state index contributed by atoms with van der Waals surface area (Å²) < 4.78 is 10.5. The number of nitrogens with zero attached hydrogens (tertiary/aromatic N) is 5. The third kappa shape index (κ3) is 9.14. The first kappa shape index (κ1) is 35.1. The highest BCUT2D eigenvalue weighted by molar-refractivity contribution is 7.81. The zero-order valence-electron chi connectivity index (χ0n) is 25.1. The second kappa shape index (κ2) is 15.2. The molecule has 2 fully saturated rings. The fourth-order valence-corrected chi connectivity index (χ4v) is 5.53. The summed E-state index contributed by atoms with van der Waals surface area (Å²) in [6.07, 6.45) is -1.23. The Hall–Kier alpha value is -4.81. The molecule has 0 spiro atoms. The number of non-ortho nitro benzene ring substituents is 2. The quantitative estimate of drug-likeness (QED) is 0.101. The fraction of sp³-hybridized carbons (Fsp3) is 0.448. The lowest BCUT2D eigenvalue weighted by Crippen LogP contribution is -2.61. The molecule has 2 saturated heterocycles. The number of hydrogen-bond donors (Lipinski definition) is 3. The van der Waals surface area contributed by atoms with Crippen LogP contribution in [-0.2, 0) is 37.1 Å². The molecule has 0 bridgehead atoms. The van der Waals surface area contributed by atoms with Crippen LogP contribution in [0.1, 0.15) is 30.4 Å². The molecule has 0 aliphatic carbocycles. The molecule has 2 aliphatic rings. The van der Waals surface area contributed by atoms with E-state index < -0.39 is 46.0 Å². The van der Waals surface area contributed by atoms with Crippen molar-refractivity contribution in [3.05, 3.63) is 79.9 Å². The number of rotatable bonds is 11. The number of ether oxygens (including phenoxy) is 2. The maximum absolute atomic E-state index is 13.4. The second-order valence-electron chi connectivity index (χ2n) is 11.2. The first-order valence-corrected chi connectivity index (χ1v) is 15.1. The molecule has 2 aromatic rings. The van der Waals surface area contributed by atoms with E-state index in [1.807, 2.05) is 0 Å². The SMILES string of the molecule is N[C@](O)(CCC(=O)OCc1ccc([N+](=O)[O-])cc1)C(=O)N1CCN(C(=O)[C@@H]2C[C@H](S)CN2C(=O)OCc2ccc([N+](=O)[O-])cc2)CC1. The van der Waals surface area contributed by atoms with Gasteiger partial charge < -0.3 is 24.4 Å². The molecule has 18 heteroatoms. The van der Waals surface area contributed by atoms with Gasteiger partial charge in [0.2, 0.25) is 5.91 Å². The van der Waals surface area contributed by atoms with E-state index in [4.69, 9.17) is 15.2 Å². The Kier molecular flexibility index (Phi) is 11.3. The summed E-state index contributed by atoms with van der Waals surface area (Å²) in [6, 6.07) is 10.1. The van der Waals surface area contributed by atoms with Crippen molar-refractivity contribution >= 4 is 47.9 Å². The third-order valence-electron chi connectivity index (χ3n) is 7.81. The summed E-state index contributed by atoms with van der Waals surface area (Å²) in [6.45, 7) is 0.189. The van der Waals surface area contributed by atoms with Crippen LogP contribution in [0.4, 0.5) is 16.2 Å². The van der Waals surface area contributed by atoms with Crippen LogP contribution < -0.4 is 5.73 Å². The zero-order valence-corrected chi connectivity index (χ0v) is 26.0. The molecule has 17 nitrogen and oxygen atoms in total. The highest BCUT2D eigenvalue weighted by Gasteiger charge is 2.43. The predicted molar refractivity (Wildman–Crippen MR) is 166 cm³/mol. The normalized spacial score (nSPS) is 19.1. The van der Waals surface area contributed by atoms with Crippen LogP contribution in [0.5, 0.6) is 0 Å². The number of carbonyl (C=O) groups is 4. The Labute approximate surface area is 273 Å². The summed E-state index contributed by atoms with van der Waals surface area (Å²) in [5.74, 6) is -1.90. The number of hydrogen-bond acceptors (Lipinski definition) is 13. The monoisotopic (exact) mass is 674 g/mol. The Morgan fingerprint density at radius 3 is 1.87 bits per heavy atom. The van der Waals surface area contributed by atoms with E-state index in [0.717, 1.165) is 0 Å². The van der Waals surface area contributed by atoms with Gasteiger partial charge in [0, 0.05) is 68.7 Å². The number of piperazine rings is 1. The molecule has 2 aliphatic heterocycles. The van der Waals surface area contributed by atoms with E-state index >= 15 is 0 Å². The van der Waals surface area contributed by atoms with Gasteiger partial charge in [-0.25, -0.2) is 4.79 Å². The van der Waals surface area contributed by atoms with Crippen LogP contribution in [0.2, 0.25) is 0 Å². The molecule has 3 atom stereocenters. The molecule has 0 aromatic heterocycles. The average Bonchev–Trinajstić information content (AvgIpc) is 3.46. The molecular weight excluding hydrogens is 640 g/mol. The number of nitro benzene ring substituents is 2. The molecule has 2 aromatic carbocycles. The number of aliphatic hydroxyl groups is 1. The summed E-state index contributed by atoms with van der Waals surface area (Å²) in [5, 5.41) is 32.0. The van der Waals surface area contributed by atoms with Crippen molar-refractivity contribution in [1.82, 2.24) is 14.7 Å². The lowest BCUT2D eigenvalue weighted by Gasteiger charge is -2.39. The van der Waals surface area contributed by atoms with E-state index in [-0.39, 0.29) is 81.3 Å².